The number of anilines is 1. The number of nitrogens with zero attached hydrogens (tertiary/aromatic N) is 3. The first-order chi connectivity index (χ1) is 13.3. The molecule has 0 aliphatic heterocycles. The van der Waals surface area contributed by atoms with E-state index in [-0.39, 0.29) is 22.7 Å². The van der Waals surface area contributed by atoms with Gasteiger partial charge in [0.05, 0.1) is 10.2 Å². The molecule has 1 atom stereocenters. The van der Waals surface area contributed by atoms with Crippen LogP contribution in [0.1, 0.15) is 18.1 Å². The minimum Gasteiger partial charge on any atom is -0.411 e. The monoisotopic (exact) mass is 398 g/mol. The lowest BCUT2D eigenvalue weighted by molar-refractivity contribution is -0.384. The quantitative estimate of drug-likeness (QED) is 0.372. The van der Waals surface area contributed by atoms with Crippen LogP contribution in [0.4, 0.5) is 11.4 Å². The van der Waals surface area contributed by atoms with Gasteiger partial charge in [-0.25, -0.2) is 0 Å². The van der Waals surface area contributed by atoms with Crippen molar-refractivity contribution in [3.63, 3.8) is 0 Å². The van der Waals surface area contributed by atoms with Crippen molar-refractivity contribution in [3.8, 4) is 11.5 Å². The maximum Gasteiger partial charge on any atom is 0.277 e. The van der Waals surface area contributed by atoms with Crippen molar-refractivity contribution in [2.24, 2.45) is 0 Å². The average molecular weight is 398 g/mol. The Kier molecular flexibility index (Phi) is 5.74. The summed E-state index contributed by atoms with van der Waals surface area (Å²) < 4.78 is 5.57. The highest BCUT2D eigenvalue weighted by Gasteiger charge is 2.19. The van der Waals surface area contributed by atoms with Crippen LogP contribution in [0.2, 0.25) is 0 Å². The number of carbonyl (C=O) groups excluding carboxylic acids is 1. The van der Waals surface area contributed by atoms with E-state index in [4.69, 9.17) is 4.42 Å². The Labute approximate surface area is 165 Å². The Morgan fingerprint density at radius 3 is 2.50 bits per heavy atom. The molecule has 1 N–H and O–H groups in total. The zero-order valence-electron chi connectivity index (χ0n) is 15.5. The molecule has 3 aromatic rings. The largest absolute Gasteiger partial charge is 0.411 e. The Bertz CT molecular complexity index is 1020. The second kappa shape index (κ2) is 8.22. The first kappa shape index (κ1) is 19.6. The Balaban J connectivity index is 1.64. The number of hydrogen-bond acceptors (Lipinski definition) is 7. The van der Waals surface area contributed by atoms with E-state index in [2.05, 4.69) is 15.5 Å². The second-order valence-electron chi connectivity index (χ2n) is 6.23. The number of thioether (sulfide) groups is 1. The molecule has 0 saturated carbocycles. The van der Waals surface area contributed by atoms with E-state index in [1.165, 1.54) is 24.3 Å². The summed E-state index contributed by atoms with van der Waals surface area (Å²) in [7, 11) is 0. The third-order valence-corrected chi connectivity index (χ3v) is 5.09. The zero-order chi connectivity index (χ0) is 20.3. The van der Waals surface area contributed by atoms with Crippen molar-refractivity contribution in [1.29, 1.82) is 0 Å². The van der Waals surface area contributed by atoms with E-state index < -0.39 is 10.2 Å². The summed E-state index contributed by atoms with van der Waals surface area (Å²) in [6.45, 7) is 5.75. The predicted octanol–water partition coefficient (Wildman–Crippen LogP) is 4.38. The molecule has 1 unspecified atom stereocenters. The SMILES string of the molecule is Cc1ccc(NC(=O)C(C)Sc2nnc(-c3ccc([N+](=O)[O-])cc3)o2)cc1C. The lowest BCUT2D eigenvalue weighted by Crippen LogP contribution is -2.22. The van der Waals surface area contributed by atoms with Gasteiger partial charge in [-0.15, -0.1) is 10.2 Å². The first-order valence-corrected chi connectivity index (χ1v) is 9.34. The summed E-state index contributed by atoms with van der Waals surface area (Å²) in [6, 6.07) is 11.5. The van der Waals surface area contributed by atoms with Crippen molar-refractivity contribution in [1.82, 2.24) is 10.2 Å². The average Bonchev–Trinajstić information content (AvgIpc) is 3.13. The number of rotatable bonds is 6. The Morgan fingerprint density at radius 2 is 1.86 bits per heavy atom. The molecule has 144 valence electrons. The molecule has 0 spiro atoms. The van der Waals surface area contributed by atoms with E-state index in [1.807, 2.05) is 32.0 Å². The summed E-state index contributed by atoms with van der Waals surface area (Å²) in [5, 5.41) is 21.3. The number of benzene rings is 2. The van der Waals surface area contributed by atoms with Gasteiger partial charge in [0, 0.05) is 23.4 Å². The van der Waals surface area contributed by atoms with E-state index in [0.717, 1.165) is 28.6 Å². The minimum absolute atomic E-state index is 0.0190. The fourth-order valence-corrected chi connectivity index (χ4v) is 3.05. The van der Waals surface area contributed by atoms with Crippen LogP contribution in [-0.2, 0) is 4.79 Å². The van der Waals surface area contributed by atoms with Crippen molar-refractivity contribution in [3.05, 3.63) is 63.7 Å². The third kappa shape index (κ3) is 4.55. The number of nitrogens with one attached hydrogen (secondary N) is 1. The topological polar surface area (TPSA) is 111 Å². The molecule has 1 aromatic heterocycles. The number of hydrogen-bond donors (Lipinski definition) is 1. The van der Waals surface area contributed by atoms with Gasteiger partial charge in [0.1, 0.15) is 0 Å². The van der Waals surface area contributed by atoms with Gasteiger partial charge in [-0.3, -0.25) is 14.9 Å². The molecule has 0 radical (unpaired) electrons. The molecule has 8 nitrogen and oxygen atoms in total. The molecular weight excluding hydrogens is 380 g/mol. The Hall–Kier alpha value is -3.20. The minimum atomic E-state index is -0.477. The van der Waals surface area contributed by atoms with Crippen LogP contribution in [0.5, 0.6) is 0 Å². The number of carbonyl (C=O) groups is 1. The maximum atomic E-state index is 12.4. The molecule has 1 heterocycles. The molecule has 0 aliphatic carbocycles. The van der Waals surface area contributed by atoms with Gasteiger partial charge in [-0.05, 0) is 56.2 Å². The molecule has 0 saturated heterocycles. The number of nitro benzene ring substituents is 1. The lowest BCUT2D eigenvalue weighted by Gasteiger charge is -2.11. The van der Waals surface area contributed by atoms with Crippen LogP contribution in [0.25, 0.3) is 11.5 Å². The molecule has 0 fully saturated rings. The highest BCUT2D eigenvalue weighted by molar-refractivity contribution is 8.00. The van der Waals surface area contributed by atoms with Crippen LogP contribution >= 0.6 is 11.8 Å². The number of non-ortho nitro benzene ring substituents is 1. The molecule has 0 aliphatic rings. The molecule has 2 aromatic carbocycles. The fraction of sp³-hybridized carbons (Fsp3) is 0.211. The van der Waals surface area contributed by atoms with E-state index in [0.29, 0.717) is 5.56 Å². The number of aryl methyl sites for hydroxylation is 2. The van der Waals surface area contributed by atoms with Crippen molar-refractivity contribution in [2.75, 3.05) is 5.32 Å². The zero-order valence-corrected chi connectivity index (χ0v) is 16.3. The van der Waals surface area contributed by atoms with Gasteiger partial charge in [-0.1, -0.05) is 17.8 Å². The Morgan fingerprint density at radius 1 is 1.14 bits per heavy atom. The van der Waals surface area contributed by atoms with Gasteiger partial charge in [0.2, 0.25) is 11.8 Å². The van der Waals surface area contributed by atoms with Gasteiger partial charge in [0.15, 0.2) is 0 Å². The maximum absolute atomic E-state index is 12.4. The molecular formula is C19H18N4O4S. The van der Waals surface area contributed by atoms with Crippen molar-refractivity contribution in [2.45, 2.75) is 31.2 Å². The fourth-order valence-electron chi connectivity index (χ4n) is 2.37. The van der Waals surface area contributed by atoms with E-state index in [1.54, 1.807) is 6.92 Å². The first-order valence-electron chi connectivity index (χ1n) is 8.46. The highest BCUT2D eigenvalue weighted by Crippen LogP contribution is 2.28. The van der Waals surface area contributed by atoms with Crippen LogP contribution in [0.15, 0.2) is 52.1 Å². The standard InChI is InChI=1S/C19H18N4O4S/c1-11-4-7-15(10-12(11)2)20-17(24)13(3)28-19-22-21-18(27-19)14-5-8-16(9-6-14)23(25)26/h4-10,13H,1-3H3,(H,20,24). The van der Waals surface area contributed by atoms with Crippen LogP contribution < -0.4 is 5.32 Å². The molecule has 1 amide bonds. The molecule has 0 bridgehead atoms. The molecule has 28 heavy (non-hydrogen) atoms. The lowest BCUT2D eigenvalue weighted by atomic mass is 10.1. The van der Waals surface area contributed by atoms with Gasteiger partial charge in [-0.2, -0.15) is 0 Å². The highest BCUT2D eigenvalue weighted by atomic mass is 32.2. The molecule has 3 rings (SSSR count). The number of aromatic nitrogens is 2. The number of amides is 1. The van der Waals surface area contributed by atoms with Gasteiger partial charge in [0.25, 0.3) is 10.9 Å². The van der Waals surface area contributed by atoms with E-state index >= 15 is 0 Å². The van der Waals surface area contributed by atoms with Crippen molar-refractivity contribution < 1.29 is 14.1 Å². The van der Waals surface area contributed by atoms with Crippen LogP contribution in [-0.4, -0.2) is 26.3 Å². The second-order valence-corrected chi connectivity index (χ2v) is 7.52. The van der Waals surface area contributed by atoms with Gasteiger partial charge >= 0.3 is 0 Å². The number of nitro groups is 1. The predicted molar refractivity (Wildman–Crippen MR) is 106 cm³/mol. The normalized spacial score (nSPS) is 11.8. The molecule has 9 heteroatoms. The van der Waals surface area contributed by atoms with Gasteiger partial charge < -0.3 is 9.73 Å². The smallest absolute Gasteiger partial charge is 0.277 e. The summed E-state index contributed by atoms with van der Waals surface area (Å²) in [5.74, 6) is 0.0579. The van der Waals surface area contributed by atoms with E-state index in [9.17, 15) is 14.9 Å². The van der Waals surface area contributed by atoms with Crippen LogP contribution in [0, 0.1) is 24.0 Å². The van der Waals surface area contributed by atoms with Crippen LogP contribution in [0.3, 0.4) is 0 Å². The summed E-state index contributed by atoms with van der Waals surface area (Å²) >= 11 is 1.14. The summed E-state index contributed by atoms with van der Waals surface area (Å²) in [6.07, 6.45) is 0. The third-order valence-electron chi connectivity index (χ3n) is 4.15. The van der Waals surface area contributed by atoms with Crippen molar-refractivity contribution >= 4 is 29.0 Å². The summed E-state index contributed by atoms with van der Waals surface area (Å²) in [5.41, 5.74) is 3.54. The summed E-state index contributed by atoms with van der Waals surface area (Å²) in [4.78, 5) is 22.6.